The van der Waals surface area contributed by atoms with Crippen LogP contribution in [0.15, 0.2) is 72.0 Å². The number of methoxy groups -OCH3 is 1. The number of piperidine rings is 1. The molecule has 34 heavy (non-hydrogen) atoms. The number of likely N-dealkylation sites (tertiary alicyclic amines) is 1. The Balaban J connectivity index is 1.21. The van der Waals surface area contributed by atoms with Crippen molar-refractivity contribution in [2.24, 2.45) is 11.0 Å². The van der Waals surface area contributed by atoms with Gasteiger partial charge in [-0.1, -0.05) is 29.8 Å². The molecule has 2 N–H and O–H groups in total. The van der Waals surface area contributed by atoms with E-state index >= 15 is 0 Å². The van der Waals surface area contributed by atoms with Gasteiger partial charge in [-0.05, 0) is 79.9 Å². The number of aromatic nitrogens is 1. The molecule has 0 radical (unpaired) electrons. The predicted molar refractivity (Wildman–Crippen MR) is 136 cm³/mol. The highest BCUT2D eigenvalue weighted by molar-refractivity contribution is 6.31. The first-order valence-corrected chi connectivity index (χ1v) is 11.6. The molecule has 0 aliphatic carbocycles. The second-order valence-corrected chi connectivity index (χ2v) is 8.62. The van der Waals surface area contributed by atoms with Gasteiger partial charge in [-0.25, -0.2) is 10.4 Å². The van der Waals surface area contributed by atoms with Crippen LogP contribution in [0.1, 0.15) is 28.9 Å². The number of rotatable bonds is 8. The van der Waals surface area contributed by atoms with Crippen LogP contribution in [0.3, 0.4) is 0 Å². The number of carbonyl (C=O) groups is 1. The van der Waals surface area contributed by atoms with Crippen molar-refractivity contribution >= 4 is 35.1 Å². The number of amides is 1. The maximum absolute atomic E-state index is 12.4. The van der Waals surface area contributed by atoms with Crippen molar-refractivity contribution in [2.45, 2.75) is 19.4 Å². The molecule has 0 bridgehead atoms. The van der Waals surface area contributed by atoms with Crippen LogP contribution in [-0.4, -0.2) is 42.2 Å². The highest BCUT2D eigenvalue weighted by Gasteiger charge is 2.18. The number of anilines is 2. The normalized spacial score (nSPS) is 14.8. The second-order valence-electron chi connectivity index (χ2n) is 8.21. The zero-order valence-corrected chi connectivity index (χ0v) is 19.8. The van der Waals surface area contributed by atoms with Crippen LogP contribution in [0.4, 0.5) is 11.4 Å². The molecule has 2 heterocycles. The third kappa shape index (κ3) is 6.56. The molecule has 1 aliphatic heterocycles. The molecular weight excluding hydrogens is 450 g/mol. The first-order chi connectivity index (χ1) is 16.6. The zero-order valence-electron chi connectivity index (χ0n) is 19.1. The topological polar surface area (TPSA) is 78.8 Å². The summed E-state index contributed by atoms with van der Waals surface area (Å²) in [6.07, 6.45) is 5.45. The fraction of sp³-hybridized carbons (Fsp3) is 0.269. The van der Waals surface area contributed by atoms with Crippen molar-refractivity contribution < 1.29 is 9.53 Å². The molecule has 1 aromatic heterocycles. The van der Waals surface area contributed by atoms with E-state index in [-0.39, 0.29) is 5.91 Å². The highest BCUT2D eigenvalue weighted by atomic mass is 35.5. The summed E-state index contributed by atoms with van der Waals surface area (Å²) >= 11 is 6.28. The van der Waals surface area contributed by atoms with Crippen LogP contribution in [0.5, 0.6) is 5.75 Å². The first kappa shape index (κ1) is 23.7. The molecule has 1 amide bonds. The molecule has 1 fully saturated rings. The Hall–Kier alpha value is -3.42. The van der Waals surface area contributed by atoms with E-state index < -0.39 is 0 Å². The maximum atomic E-state index is 12.4. The van der Waals surface area contributed by atoms with E-state index in [9.17, 15) is 4.79 Å². The molecular formula is C26H28ClN5O2. The zero-order chi connectivity index (χ0) is 23.8. The van der Waals surface area contributed by atoms with E-state index in [0.29, 0.717) is 11.6 Å². The predicted octanol–water partition coefficient (Wildman–Crippen LogP) is 5.12. The van der Waals surface area contributed by atoms with E-state index in [1.807, 2.05) is 54.7 Å². The first-order valence-electron chi connectivity index (χ1n) is 11.3. The van der Waals surface area contributed by atoms with Gasteiger partial charge in [0.1, 0.15) is 11.4 Å². The third-order valence-electron chi connectivity index (χ3n) is 5.81. The number of pyridine rings is 1. The van der Waals surface area contributed by atoms with Crippen molar-refractivity contribution in [2.75, 3.05) is 25.5 Å². The quantitative estimate of drug-likeness (QED) is 0.348. The van der Waals surface area contributed by atoms with Crippen LogP contribution in [-0.2, 0) is 6.54 Å². The molecule has 0 atom stereocenters. The summed E-state index contributed by atoms with van der Waals surface area (Å²) in [5.41, 5.74) is 5.75. The molecule has 0 unspecified atom stereocenters. The Kier molecular flexibility index (Phi) is 8.12. The van der Waals surface area contributed by atoms with Gasteiger partial charge < -0.3 is 10.1 Å². The summed E-state index contributed by atoms with van der Waals surface area (Å²) < 4.78 is 5.16. The summed E-state index contributed by atoms with van der Waals surface area (Å²) in [6.45, 7) is 2.80. The number of halogens is 1. The van der Waals surface area contributed by atoms with E-state index in [0.717, 1.165) is 60.2 Å². The lowest BCUT2D eigenvalue weighted by molar-refractivity contribution is 0.0950. The summed E-state index contributed by atoms with van der Waals surface area (Å²) in [7, 11) is 1.63. The van der Waals surface area contributed by atoms with Crippen LogP contribution in [0, 0.1) is 5.92 Å². The monoisotopic (exact) mass is 477 g/mol. The minimum atomic E-state index is -0.330. The Morgan fingerprint density at radius 2 is 1.85 bits per heavy atom. The molecule has 1 aliphatic rings. The minimum absolute atomic E-state index is 0.312. The van der Waals surface area contributed by atoms with Gasteiger partial charge in [-0.3, -0.25) is 9.69 Å². The number of nitrogens with one attached hydrogen (secondary N) is 2. The molecule has 7 nitrogen and oxygen atoms in total. The van der Waals surface area contributed by atoms with Crippen molar-refractivity contribution in [3.8, 4) is 5.75 Å². The van der Waals surface area contributed by atoms with Gasteiger partial charge in [0.05, 0.1) is 19.0 Å². The molecule has 4 rings (SSSR count). The SMILES string of the molecule is COc1ccc(Nc2ccc(C(=O)N/N=C/C3CCN(Cc4ccccc4Cl)CC3)nc2)cc1. The van der Waals surface area contributed by atoms with E-state index in [1.54, 1.807) is 19.4 Å². The van der Waals surface area contributed by atoms with Gasteiger partial charge in [-0.15, -0.1) is 0 Å². The number of carbonyl (C=O) groups excluding carboxylic acids is 1. The number of hydrogen-bond acceptors (Lipinski definition) is 6. The lowest BCUT2D eigenvalue weighted by Gasteiger charge is -2.30. The van der Waals surface area contributed by atoms with Gasteiger partial charge in [0.2, 0.25) is 0 Å². The lowest BCUT2D eigenvalue weighted by Crippen LogP contribution is -2.34. The van der Waals surface area contributed by atoms with Gasteiger partial charge >= 0.3 is 0 Å². The summed E-state index contributed by atoms with van der Waals surface area (Å²) in [6, 6.07) is 19.0. The lowest BCUT2D eigenvalue weighted by atomic mass is 9.98. The fourth-order valence-corrected chi connectivity index (χ4v) is 4.02. The molecule has 3 aromatic rings. The largest absolute Gasteiger partial charge is 0.497 e. The van der Waals surface area contributed by atoms with Crippen LogP contribution in [0.2, 0.25) is 5.02 Å². The number of nitrogens with zero attached hydrogens (tertiary/aromatic N) is 3. The number of ether oxygens (including phenoxy) is 1. The molecule has 0 spiro atoms. The molecule has 2 aromatic carbocycles. The molecule has 176 valence electrons. The Morgan fingerprint density at radius 3 is 2.53 bits per heavy atom. The van der Waals surface area contributed by atoms with Crippen molar-refractivity contribution in [1.82, 2.24) is 15.3 Å². The van der Waals surface area contributed by atoms with Gasteiger partial charge in [0, 0.05) is 23.5 Å². The third-order valence-corrected chi connectivity index (χ3v) is 6.18. The second kappa shape index (κ2) is 11.6. The molecule has 8 heteroatoms. The van der Waals surface area contributed by atoms with E-state index in [2.05, 4.69) is 31.8 Å². The Bertz CT molecular complexity index is 1110. The standard InChI is InChI=1S/C26H28ClN5O2/c1-34-23-9-6-21(7-10-23)30-22-8-11-25(28-17-22)26(33)31-29-16-19-12-14-32(15-13-19)18-20-4-2-3-5-24(20)27/h2-11,16-17,19,30H,12-15,18H2,1H3,(H,31,33)/b29-16+. The average Bonchev–Trinajstić information content (AvgIpc) is 2.87. The van der Waals surface area contributed by atoms with E-state index in [4.69, 9.17) is 16.3 Å². The summed E-state index contributed by atoms with van der Waals surface area (Å²) in [5, 5.41) is 8.22. The Labute approximate surface area is 204 Å². The fourth-order valence-electron chi connectivity index (χ4n) is 3.83. The number of hydrazone groups is 1. The van der Waals surface area contributed by atoms with Crippen LogP contribution in [0.25, 0.3) is 0 Å². The smallest absolute Gasteiger partial charge is 0.289 e. The molecule has 0 saturated carbocycles. The Morgan fingerprint density at radius 1 is 1.12 bits per heavy atom. The maximum Gasteiger partial charge on any atom is 0.289 e. The van der Waals surface area contributed by atoms with Crippen LogP contribution < -0.4 is 15.5 Å². The number of benzene rings is 2. The van der Waals surface area contributed by atoms with Crippen LogP contribution >= 0.6 is 11.6 Å². The average molecular weight is 478 g/mol. The van der Waals surface area contributed by atoms with Crippen molar-refractivity contribution in [3.05, 3.63) is 83.1 Å². The van der Waals surface area contributed by atoms with Gasteiger partial charge in [-0.2, -0.15) is 5.10 Å². The highest BCUT2D eigenvalue weighted by Crippen LogP contribution is 2.22. The summed E-state index contributed by atoms with van der Waals surface area (Å²) in [5.74, 6) is 0.800. The molecule has 1 saturated heterocycles. The minimum Gasteiger partial charge on any atom is -0.497 e. The van der Waals surface area contributed by atoms with Crippen molar-refractivity contribution in [3.63, 3.8) is 0 Å². The van der Waals surface area contributed by atoms with Gasteiger partial charge in [0.15, 0.2) is 0 Å². The van der Waals surface area contributed by atoms with Crippen molar-refractivity contribution in [1.29, 1.82) is 0 Å². The van der Waals surface area contributed by atoms with Gasteiger partial charge in [0.25, 0.3) is 5.91 Å². The number of hydrogen-bond donors (Lipinski definition) is 2. The summed E-state index contributed by atoms with van der Waals surface area (Å²) in [4.78, 5) is 19.0. The van der Waals surface area contributed by atoms with E-state index in [1.165, 1.54) is 0 Å².